The third-order valence-electron chi connectivity index (χ3n) is 4.98. The maximum absolute atomic E-state index is 13.4. The van der Waals surface area contributed by atoms with Gasteiger partial charge in [-0.05, 0) is 36.8 Å². The third-order valence-corrected chi connectivity index (χ3v) is 8.24. The number of carbonyl (C=O) groups excluding carboxylic acids is 2. The Morgan fingerprint density at radius 1 is 1.15 bits per heavy atom. The Hall–Kier alpha value is -1.92. The molecule has 0 N–H and O–H groups in total. The van der Waals surface area contributed by atoms with Gasteiger partial charge < -0.3 is 9.64 Å². The highest BCUT2D eigenvalue weighted by atomic mass is 32.2. The first kappa shape index (κ1) is 18.4. The first-order chi connectivity index (χ1) is 13.2. The molecule has 1 amide bonds. The molecule has 2 aliphatic rings. The van der Waals surface area contributed by atoms with Crippen LogP contribution >= 0.6 is 23.5 Å². The van der Waals surface area contributed by atoms with Crippen LogP contribution in [0.15, 0.2) is 65.6 Å². The topological polar surface area (TPSA) is 46.6 Å². The van der Waals surface area contributed by atoms with Gasteiger partial charge in [0.25, 0.3) is 5.91 Å². The van der Waals surface area contributed by atoms with E-state index >= 15 is 0 Å². The average Bonchev–Trinajstić information content (AvgIpc) is 2.72. The van der Waals surface area contributed by atoms with E-state index in [0.717, 1.165) is 22.6 Å². The maximum atomic E-state index is 13.4. The van der Waals surface area contributed by atoms with Crippen molar-refractivity contribution in [1.82, 2.24) is 4.90 Å². The Morgan fingerprint density at radius 3 is 2.48 bits per heavy atom. The van der Waals surface area contributed by atoms with Crippen LogP contribution in [-0.4, -0.2) is 40.4 Å². The molecule has 4 rings (SSSR count). The van der Waals surface area contributed by atoms with Crippen molar-refractivity contribution in [2.45, 2.75) is 27.9 Å². The van der Waals surface area contributed by atoms with E-state index in [1.54, 1.807) is 18.7 Å². The first-order valence-corrected chi connectivity index (χ1v) is 10.9. The summed E-state index contributed by atoms with van der Waals surface area (Å²) in [6, 6.07) is 19.5. The van der Waals surface area contributed by atoms with Gasteiger partial charge in [-0.2, -0.15) is 0 Å². The molecular formula is C21H21NO3S2. The van der Waals surface area contributed by atoms with Crippen LogP contribution in [0.25, 0.3) is 0 Å². The lowest BCUT2D eigenvalue weighted by Gasteiger charge is -2.64. The number of benzene rings is 2. The Labute approximate surface area is 167 Å². The lowest BCUT2D eigenvalue weighted by Crippen LogP contribution is -2.81. The molecule has 0 saturated carbocycles. The molecule has 4 nitrogen and oxygen atoms in total. The Balaban J connectivity index is 1.89. The van der Waals surface area contributed by atoms with Crippen LogP contribution in [0.2, 0.25) is 0 Å². The van der Waals surface area contributed by atoms with Crippen molar-refractivity contribution < 1.29 is 14.3 Å². The van der Waals surface area contributed by atoms with E-state index in [4.69, 9.17) is 4.74 Å². The molecule has 0 aromatic heterocycles. The fourth-order valence-corrected chi connectivity index (χ4v) is 7.11. The average molecular weight is 400 g/mol. The standard InChI is InChI=1S/C21H21NO3S2/c1-2-25-19(24)20(27-17-12-7-4-8-13-17)18(23)22-14-9-15-26-21(20,22)16-10-5-3-6-11-16/h3-8,10-13H,2,9,14-15H2,1H3/t20-,21-/m1/s1. The highest BCUT2D eigenvalue weighted by Gasteiger charge is 2.78. The second-order valence-corrected chi connectivity index (χ2v) is 9.06. The van der Waals surface area contributed by atoms with Crippen molar-refractivity contribution in [3.05, 3.63) is 66.2 Å². The van der Waals surface area contributed by atoms with Crippen LogP contribution in [0.5, 0.6) is 0 Å². The third kappa shape index (κ3) is 2.61. The van der Waals surface area contributed by atoms with Gasteiger partial charge in [0.15, 0.2) is 0 Å². The summed E-state index contributed by atoms with van der Waals surface area (Å²) >= 11 is 3.01. The zero-order valence-electron chi connectivity index (χ0n) is 15.1. The van der Waals surface area contributed by atoms with Gasteiger partial charge in [0.1, 0.15) is 4.87 Å². The fourth-order valence-electron chi connectivity index (χ4n) is 3.88. The van der Waals surface area contributed by atoms with E-state index in [0.29, 0.717) is 6.54 Å². The van der Waals surface area contributed by atoms with Gasteiger partial charge >= 0.3 is 5.97 Å². The molecule has 0 unspecified atom stereocenters. The summed E-state index contributed by atoms with van der Waals surface area (Å²) in [7, 11) is 0. The van der Waals surface area contributed by atoms with Gasteiger partial charge in [0.2, 0.25) is 4.75 Å². The SMILES string of the molecule is CCOC(=O)[C@]1(Sc2ccccc2)C(=O)N2CCCS[C@@]21c1ccccc1. The van der Waals surface area contributed by atoms with Crippen molar-refractivity contribution in [3.8, 4) is 0 Å². The summed E-state index contributed by atoms with van der Waals surface area (Å²) in [4.78, 5) is 28.7. The number of nitrogens with zero attached hydrogens (tertiary/aromatic N) is 1. The van der Waals surface area contributed by atoms with Crippen LogP contribution in [-0.2, 0) is 19.2 Å². The monoisotopic (exact) mass is 399 g/mol. The normalized spacial score (nSPS) is 26.9. The number of hydrogen-bond acceptors (Lipinski definition) is 5. The summed E-state index contributed by atoms with van der Waals surface area (Å²) in [6.45, 7) is 2.69. The van der Waals surface area contributed by atoms with Crippen molar-refractivity contribution in [1.29, 1.82) is 0 Å². The molecule has 2 heterocycles. The van der Waals surface area contributed by atoms with E-state index in [1.165, 1.54) is 11.8 Å². The quantitative estimate of drug-likeness (QED) is 0.433. The van der Waals surface area contributed by atoms with Crippen molar-refractivity contribution in [2.75, 3.05) is 18.9 Å². The number of rotatable bonds is 5. The van der Waals surface area contributed by atoms with E-state index in [9.17, 15) is 9.59 Å². The highest BCUT2D eigenvalue weighted by molar-refractivity contribution is 8.06. The lowest BCUT2D eigenvalue weighted by atomic mass is 9.79. The second-order valence-electron chi connectivity index (χ2n) is 6.49. The minimum absolute atomic E-state index is 0.147. The van der Waals surface area contributed by atoms with Crippen molar-refractivity contribution >= 4 is 35.4 Å². The molecule has 2 aliphatic heterocycles. The fraction of sp³-hybridized carbons (Fsp3) is 0.333. The van der Waals surface area contributed by atoms with E-state index < -0.39 is 15.6 Å². The number of β-lactam (4-membered cyclic amide) rings is 1. The van der Waals surface area contributed by atoms with Gasteiger partial charge in [-0.15, -0.1) is 11.8 Å². The predicted molar refractivity (Wildman–Crippen MR) is 109 cm³/mol. The van der Waals surface area contributed by atoms with Gasteiger partial charge in [-0.3, -0.25) is 4.79 Å². The summed E-state index contributed by atoms with van der Waals surface area (Å²) in [6.07, 6.45) is 0.930. The molecule has 2 saturated heterocycles. The number of ether oxygens (including phenoxy) is 1. The Bertz CT molecular complexity index is 835. The largest absolute Gasteiger partial charge is 0.464 e. The van der Waals surface area contributed by atoms with Crippen LogP contribution in [0.3, 0.4) is 0 Å². The van der Waals surface area contributed by atoms with Crippen LogP contribution < -0.4 is 0 Å². The smallest absolute Gasteiger partial charge is 0.336 e. The van der Waals surface area contributed by atoms with Crippen LogP contribution in [0, 0.1) is 0 Å². The van der Waals surface area contributed by atoms with Gasteiger partial charge in [0.05, 0.1) is 6.61 Å². The zero-order valence-corrected chi connectivity index (χ0v) is 16.7. The number of hydrogen-bond donors (Lipinski definition) is 0. The summed E-state index contributed by atoms with van der Waals surface area (Å²) < 4.78 is 4.16. The number of esters is 1. The van der Waals surface area contributed by atoms with Gasteiger partial charge in [0, 0.05) is 11.4 Å². The predicted octanol–water partition coefficient (Wildman–Crippen LogP) is 3.91. The Morgan fingerprint density at radius 2 is 1.81 bits per heavy atom. The second kappa shape index (κ2) is 7.24. The van der Waals surface area contributed by atoms with Crippen molar-refractivity contribution in [2.24, 2.45) is 0 Å². The molecular weight excluding hydrogens is 378 g/mol. The molecule has 0 aliphatic carbocycles. The summed E-state index contributed by atoms with van der Waals surface area (Å²) in [5.41, 5.74) is 0.978. The van der Waals surface area contributed by atoms with Crippen molar-refractivity contribution in [3.63, 3.8) is 0 Å². The number of fused-ring (bicyclic) bond motifs is 1. The minimum Gasteiger partial charge on any atom is -0.464 e. The van der Waals surface area contributed by atoms with Crippen LogP contribution in [0.4, 0.5) is 0 Å². The number of thioether (sulfide) groups is 2. The molecule has 2 aromatic carbocycles. The molecule has 140 valence electrons. The van der Waals surface area contributed by atoms with E-state index in [-0.39, 0.29) is 12.5 Å². The van der Waals surface area contributed by atoms with E-state index in [1.807, 2.05) is 65.6 Å². The van der Waals surface area contributed by atoms with Gasteiger partial charge in [-0.25, -0.2) is 4.79 Å². The zero-order chi connectivity index (χ0) is 18.9. The summed E-state index contributed by atoms with van der Waals surface area (Å²) in [5.74, 6) is 0.305. The highest BCUT2D eigenvalue weighted by Crippen LogP contribution is 2.65. The first-order valence-electron chi connectivity index (χ1n) is 9.09. The minimum atomic E-state index is -1.31. The lowest BCUT2D eigenvalue weighted by molar-refractivity contribution is -0.172. The number of amides is 1. The molecule has 6 heteroatoms. The van der Waals surface area contributed by atoms with Gasteiger partial charge in [-0.1, -0.05) is 60.3 Å². The number of carbonyl (C=O) groups is 2. The molecule has 0 spiro atoms. The molecule has 0 radical (unpaired) electrons. The molecule has 27 heavy (non-hydrogen) atoms. The van der Waals surface area contributed by atoms with E-state index in [2.05, 4.69) is 0 Å². The van der Waals surface area contributed by atoms with Crippen LogP contribution in [0.1, 0.15) is 18.9 Å². The maximum Gasteiger partial charge on any atom is 0.336 e. The molecule has 2 atom stereocenters. The molecule has 0 bridgehead atoms. The Kier molecular flexibility index (Phi) is 4.95. The molecule has 2 aromatic rings. The summed E-state index contributed by atoms with van der Waals surface area (Å²) in [5, 5.41) is 0. The molecule has 2 fully saturated rings.